The number of hydrogen-bond donors (Lipinski definition) is 2. The fraction of sp³-hybridized carbons (Fsp3) is 0.267. The number of cyclic esters (lactones) is 1. The van der Waals surface area contributed by atoms with Crippen LogP contribution in [0.15, 0.2) is 73.1 Å². The lowest BCUT2D eigenvalue weighted by Crippen LogP contribution is -2.45. The van der Waals surface area contributed by atoms with Gasteiger partial charge in [-0.15, -0.1) is 5.53 Å². The lowest BCUT2D eigenvalue weighted by Gasteiger charge is -2.32. The van der Waals surface area contributed by atoms with Gasteiger partial charge < -0.3 is 19.7 Å². The van der Waals surface area contributed by atoms with Crippen molar-refractivity contribution in [3.05, 3.63) is 95.8 Å². The summed E-state index contributed by atoms with van der Waals surface area (Å²) in [5.74, 6) is -2.08. The minimum atomic E-state index is -0.784. The van der Waals surface area contributed by atoms with Gasteiger partial charge in [0.05, 0.1) is 23.5 Å². The molecule has 0 radical (unpaired) electrons. The highest BCUT2D eigenvalue weighted by Crippen LogP contribution is 2.38. The zero-order valence-corrected chi connectivity index (χ0v) is 22.8. The van der Waals surface area contributed by atoms with E-state index in [4.69, 9.17) is 9.47 Å². The predicted octanol–water partition coefficient (Wildman–Crippen LogP) is 3.82. The smallest absolute Gasteiger partial charge is 0.411 e. The maximum absolute atomic E-state index is 16.1. The Balaban J connectivity index is 1.24. The van der Waals surface area contributed by atoms with E-state index in [-0.39, 0.29) is 36.2 Å². The van der Waals surface area contributed by atoms with Crippen LogP contribution in [0.5, 0.6) is 0 Å². The van der Waals surface area contributed by atoms with Crippen LogP contribution in [0.4, 0.5) is 25.0 Å². The number of piperazine rings is 1. The number of nitrogens with one attached hydrogen (secondary N) is 2. The fourth-order valence-corrected chi connectivity index (χ4v) is 5.12. The number of halogens is 2. The van der Waals surface area contributed by atoms with Gasteiger partial charge in [-0.05, 0) is 29.8 Å². The molecule has 2 fully saturated rings. The summed E-state index contributed by atoms with van der Waals surface area (Å²) in [6, 6.07) is 16.7. The van der Waals surface area contributed by atoms with Crippen molar-refractivity contribution in [2.75, 3.05) is 55.9 Å². The summed E-state index contributed by atoms with van der Waals surface area (Å²) in [6.45, 7) is 3.36. The Kier molecular flexibility index (Phi) is 7.89. The molecular formula is C30H30F2N6O4. The first kappa shape index (κ1) is 27.5. The highest BCUT2D eigenvalue weighted by atomic mass is 19.1. The summed E-state index contributed by atoms with van der Waals surface area (Å²) in [5.41, 5.74) is 4.88. The summed E-state index contributed by atoms with van der Waals surface area (Å²) < 4.78 is 42.2. The number of rotatable bonds is 8. The molecule has 0 atom stereocenters. The molecule has 10 nitrogen and oxygen atoms in total. The Hall–Kier alpha value is -4.68. The van der Waals surface area contributed by atoms with Gasteiger partial charge in [-0.25, -0.2) is 18.4 Å². The van der Waals surface area contributed by atoms with Crippen LogP contribution in [-0.4, -0.2) is 68.0 Å². The molecule has 0 unspecified atom stereocenters. The summed E-state index contributed by atoms with van der Waals surface area (Å²) in [5, 5.41) is 6.52. The quantitative estimate of drug-likeness (QED) is 0.389. The molecule has 3 heterocycles. The van der Waals surface area contributed by atoms with Gasteiger partial charge in [-0.2, -0.15) is 0 Å². The molecule has 2 N–H and O–H groups in total. The maximum atomic E-state index is 16.1. The summed E-state index contributed by atoms with van der Waals surface area (Å²) in [4.78, 5) is 28.0. The average molecular weight is 577 g/mol. The monoisotopic (exact) mass is 576 g/mol. The maximum Gasteiger partial charge on any atom is 0.411 e. The number of nitrogens with zero attached hydrogens (tertiary/aromatic N) is 4. The highest BCUT2D eigenvalue weighted by Gasteiger charge is 2.28. The van der Waals surface area contributed by atoms with Gasteiger partial charge in [0.15, 0.2) is 5.82 Å². The molecule has 0 aromatic heterocycles. The van der Waals surface area contributed by atoms with Crippen LogP contribution in [0.3, 0.4) is 0 Å². The average Bonchev–Trinajstić information content (AvgIpc) is 3.65. The molecule has 0 spiro atoms. The van der Waals surface area contributed by atoms with E-state index in [1.54, 1.807) is 40.6 Å². The van der Waals surface area contributed by atoms with Gasteiger partial charge in [0.2, 0.25) is 0 Å². The van der Waals surface area contributed by atoms with E-state index in [0.717, 1.165) is 5.56 Å². The molecule has 3 aromatic carbocycles. The largest absolute Gasteiger partial charge is 0.457 e. The number of esters is 1. The van der Waals surface area contributed by atoms with Gasteiger partial charge in [0.25, 0.3) is 0 Å². The van der Waals surface area contributed by atoms with Crippen molar-refractivity contribution < 1.29 is 27.8 Å². The molecular weight excluding hydrogens is 546 g/mol. The second-order valence-electron chi connectivity index (χ2n) is 10.0. The zero-order chi connectivity index (χ0) is 29.1. The van der Waals surface area contributed by atoms with Crippen molar-refractivity contribution in [2.24, 2.45) is 0 Å². The van der Waals surface area contributed by atoms with Crippen LogP contribution in [0.2, 0.25) is 0 Å². The molecule has 3 aromatic rings. The van der Waals surface area contributed by atoms with Crippen molar-refractivity contribution >= 4 is 23.4 Å². The van der Waals surface area contributed by atoms with Crippen molar-refractivity contribution in [3.8, 4) is 11.1 Å². The summed E-state index contributed by atoms with van der Waals surface area (Å²) >= 11 is 0. The van der Waals surface area contributed by atoms with Gasteiger partial charge in [0, 0.05) is 49.7 Å². The highest BCUT2D eigenvalue weighted by molar-refractivity contribution is 5.94. The van der Waals surface area contributed by atoms with Crippen LogP contribution in [-0.2, 0) is 16.1 Å². The molecule has 0 aliphatic carbocycles. The number of anilines is 2. The molecule has 12 heteroatoms. The number of ether oxygens (including phenoxy) is 2. The number of carbonyl (C=O) groups is 2. The lowest BCUT2D eigenvalue weighted by atomic mass is 9.98. The van der Waals surface area contributed by atoms with Gasteiger partial charge in [-0.3, -0.25) is 14.9 Å². The third-order valence-electron chi connectivity index (χ3n) is 7.30. The van der Waals surface area contributed by atoms with Crippen LogP contribution in [0.1, 0.15) is 15.9 Å². The number of hydrogen-bond acceptors (Lipinski definition) is 9. The second-order valence-corrected chi connectivity index (χ2v) is 10.0. The topological polar surface area (TPSA) is 89.6 Å². The Labute approximate surface area is 241 Å². The molecule has 3 aliphatic rings. The van der Waals surface area contributed by atoms with E-state index in [0.29, 0.717) is 50.6 Å². The molecule has 42 heavy (non-hydrogen) atoms. The van der Waals surface area contributed by atoms with Crippen molar-refractivity contribution in [3.63, 3.8) is 0 Å². The van der Waals surface area contributed by atoms with E-state index >= 15 is 8.78 Å². The molecule has 0 saturated carbocycles. The minimum Gasteiger partial charge on any atom is -0.457 e. The van der Waals surface area contributed by atoms with Crippen LogP contribution < -0.4 is 20.8 Å². The van der Waals surface area contributed by atoms with E-state index in [1.807, 2.05) is 35.2 Å². The molecule has 0 bridgehead atoms. The van der Waals surface area contributed by atoms with Gasteiger partial charge in [0.1, 0.15) is 25.7 Å². The van der Waals surface area contributed by atoms with E-state index in [9.17, 15) is 9.59 Å². The third-order valence-corrected chi connectivity index (χ3v) is 7.30. The lowest BCUT2D eigenvalue weighted by molar-refractivity contribution is 0.0467. The number of amides is 1. The SMILES string of the molecule is O=C(OCc1ccccc1)c1ccc(-c2ccc(N3C=CN(CN4CCOC4=O)N3)cc2F)c(N2CCNCC2)c1F. The van der Waals surface area contributed by atoms with Crippen molar-refractivity contribution in [2.45, 2.75) is 6.61 Å². The molecule has 1 amide bonds. The number of hydrazine groups is 2. The van der Waals surface area contributed by atoms with Gasteiger partial charge in [-0.1, -0.05) is 36.4 Å². The summed E-state index contributed by atoms with van der Waals surface area (Å²) in [7, 11) is 0. The Morgan fingerprint density at radius 3 is 2.48 bits per heavy atom. The van der Waals surface area contributed by atoms with Crippen molar-refractivity contribution in [1.82, 2.24) is 20.8 Å². The van der Waals surface area contributed by atoms with E-state index in [2.05, 4.69) is 10.9 Å². The molecule has 6 rings (SSSR count). The normalized spacial score (nSPS) is 16.8. The van der Waals surface area contributed by atoms with Gasteiger partial charge >= 0.3 is 12.1 Å². The van der Waals surface area contributed by atoms with Crippen LogP contribution in [0.25, 0.3) is 11.1 Å². The Morgan fingerprint density at radius 1 is 0.952 bits per heavy atom. The van der Waals surface area contributed by atoms with Crippen LogP contribution >= 0.6 is 0 Å². The Bertz CT molecular complexity index is 1500. The predicted molar refractivity (Wildman–Crippen MR) is 152 cm³/mol. The minimum absolute atomic E-state index is 0.0124. The van der Waals surface area contributed by atoms with E-state index in [1.165, 1.54) is 17.0 Å². The Morgan fingerprint density at radius 2 is 1.74 bits per heavy atom. The first-order valence-electron chi connectivity index (χ1n) is 13.7. The molecule has 218 valence electrons. The first-order valence-corrected chi connectivity index (χ1v) is 13.7. The third kappa shape index (κ3) is 5.71. The number of benzene rings is 3. The molecule has 2 saturated heterocycles. The van der Waals surface area contributed by atoms with E-state index < -0.39 is 17.6 Å². The second kappa shape index (κ2) is 12.0. The number of carbonyl (C=O) groups excluding carboxylic acids is 2. The zero-order valence-electron chi connectivity index (χ0n) is 22.8. The fourth-order valence-electron chi connectivity index (χ4n) is 5.12. The standard InChI is InChI=1S/C30H30F2N6O4/c31-26-18-22(38-15-14-37(34-38)20-36-16-17-41-30(36)40)6-7-23(26)24-8-9-25(27(32)28(24)35-12-10-33-11-13-35)29(39)42-19-21-4-2-1-3-5-21/h1-9,14-15,18,33-34H,10-13,16-17,19-20H2. The first-order chi connectivity index (χ1) is 20.5. The van der Waals surface area contributed by atoms with Crippen LogP contribution in [0, 0.1) is 11.6 Å². The molecule has 3 aliphatic heterocycles. The summed E-state index contributed by atoms with van der Waals surface area (Å²) in [6.07, 6.45) is 3.05. The van der Waals surface area contributed by atoms with Crippen molar-refractivity contribution in [1.29, 1.82) is 0 Å².